The number of benzene rings is 1. The highest BCUT2D eigenvalue weighted by molar-refractivity contribution is 5.55. The molecule has 0 saturated carbocycles. The van der Waals surface area contributed by atoms with E-state index in [-0.39, 0.29) is 5.92 Å². The third-order valence-corrected chi connectivity index (χ3v) is 4.20. The Morgan fingerprint density at radius 1 is 1.24 bits per heavy atom. The van der Waals surface area contributed by atoms with Crippen LogP contribution < -0.4 is 9.64 Å². The summed E-state index contributed by atoms with van der Waals surface area (Å²) < 4.78 is 5.53. The lowest BCUT2D eigenvalue weighted by Crippen LogP contribution is -2.28. The monoisotopic (exact) mass is 293 g/mol. The molecule has 0 aliphatic carbocycles. The lowest BCUT2D eigenvalue weighted by molar-refractivity contribution is -0.0517. The van der Waals surface area contributed by atoms with Crippen LogP contribution in [0.15, 0.2) is 18.2 Å². The van der Waals surface area contributed by atoms with Crippen LogP contribution in [-0.4, -0.2) is 36.7 Å². The highest BCUT2D eigenvalue weighted by Gasteiger charge is 2.38. The highest BCUT2D eigenvalue weighted by Crippen LogP contribution is 2.42. The van der Waals surface area contributed by atoms with Gasteiger partial charge in [0.2, 0.25) is 6.29 Å². The van der Waals surface area contributed by atoms with Crippen molar-refractivity contribution in [3.05, 3.63) is 23.8 Å². The van der Waals surface area contributed by atoms with Gasteiger partial charge in [-0.2, -0.15) is 0 Å². The van der Waals surface area contributed by atoms with Crippen LogP contribution in [0.2, 0.25) is 0 Å². The van der Waals surface area contributed by atoms with E-state index in [1.54, 1.807) is 0 Å². The van der Waals surface area contributed by atoms with Gasteiger partial charge < -0.3 is 19.8 Å². The van der Waals surface area contributed by atoms with Crippen LogP contribution >= 0.6 is 0 Å². The Bertz CT molecular complexity index is 461. The van der Waals surface area contributed by atoms with Crippen molar-refractivity contribution in [3.63, 3.8) is 0 Å². The minimum Gasteiger partial charge on any atom is -0.464 e. The number of nitrogens with zero attached hydrogens (tertiary/aromatic N) is 1. The summed E-state index contributed by atoms with van der Waals surface area (Å²) in [7, 11) is 3.93. The number of aliphatic hydroxyl groups is 2. The first-order valence-electron chi connectivity index (χ1n) is 7.88. The molecular formula is C17H27NO3. The van der Waals surface area contributed by atoms with E-state index in [1.807, 2.05) is 37.2 Å². The summed E-state index contributed by atoms with van der Waals surface area (Å²) >= 11 is 0. The predicted octanol–water partition coefficient (Wildman–Crippen LogP) is 2.88. The minimum atomic E-state index is -0.946. The standard InChI is InChI=1S/C17H27NO3/c1-4-5-6-7-8-14(19)16-13-10-9-12(18(2)3)11-15(13)21-17(16)20/h9-11,14,16-17,19-20H,4-8H2,1-3H3/t14-,16-,17+/m1/s1. The fraction of sp³-hybridized carbons (Fsp3) is 0.647. The van der Waals surface area contributed by atoms with Crippen LogP contribution in [0.1, 0.15) is 50.5 Å². The summed E-state index contributed by atoms with van der Waals surface area (Å²) in [4.78, 5) is 1.99. The van der Waals surface area contributed by atoms with Gasteiger partial charge in [0.15, 0.2) is 0 Å². The SMILES string of the molecule is CCCCCC[C@@H](O)[C@H]1c2ccc(N(C)C)cc2O[C@@H]1O. The van der Waals surface area contributed by atoms with Gasteiger partial charge >= 0.3 is 0 Å². The second-order valence-electron chi connectivity index (χ2n) is 6.07. The van der Waals surface area contributed by atoms with Gasteiger partial charge in [-0.05, 0) is 12.5 Å². The number of hydrogen-bond acceptors (Lipinski definition) is 4. The maximum atomic E-state index is 10.4. The molecule has 0 aromatic heterocycles. The molecule has 1 aromatic rings. The van der Waals surface area contributed by atoms with E-state index in [2.05, 4.69) is 6.92 Å². The van der Waals surface area contributed by atoms with Crippen molar-refractivity contribution in [1.29, 1.82) is 0 Å². The summed E-state index contributed by atoms with van der Waals surface area (Å²) in [6.45, 7) is 2.17. The molecule has 118 valence electrons. The summed E-state index contributed by atoms with van der Waals surface area (Å²) in [5, 5.41) is 20.5. The number of fused-ring (bicyclic) bond motifs is 1. The van der Waals surface area contributed by atoms with Gasteiger partial charge in [0.25, 0.3) is 0 Å². The molecule has 4 heteroatoms. The molecule has 1 aliphatic rings. The summed E-state index contributed by atoms with van der Waals surface area (Å²) in [6.07, 6.45) is 3.70. The molecule has 1 aromatic carbocycles. The van der Waals surface area contributed by atoms with Crippen LogP contribution in [0.4, 0.5) is 5.69 Å². The zero-order chi connectivity index (χ0) is 15.4. The van der Waals surface area contributed by atoms with Gasteiger partial charge in [-0.1, -0.05) is 38.7 Å². The van der Waals surface area contributed by atoms with Gasteiger partial charge in [-0.15, -0.1) is 0 Å². The van der Waals surface area contributed by atoms with Crippen LogP contribution in [0.3, 0.4) is 0 Å². The highest BCUT2D eigenvalue weighted by atomic mass is 16.6. The fourth-order valence-corrected chi connectivity index (χ4v) is 2.89. The van der Waals surface area contributed by atoms with Gasteiger partial charge in [0.05, 0.1) is 12.0 Å². The smallest absolute Gasteiger partial charge is 0.206 e. The predicted molar refractivity (Wildman–Crippen MR) is 84.9 cm³/mol. The van der Waals surface area contributed by atoms with E-state index >= 15 is 0 Å². The molecule has 4 nitrogen and oxygen atoms in total. The Morgan fingerprint density at radius 2 is 2.00 bits per heavy atom. The summed E-state index contributed by atoms with van der Waals surface area (Å²) in [5.41, 5.74) is 1.94. The lowest BCUT2D eigenvalue weighted by Gasteiger charge is -2.20. The normalized spacial score (nSPS) is 21.8. The maximum Gasteiger partial charge on any atom is 0.206 e. The van der Waals surface area contributed by atoms with Crippen LogP contribution in [0.5, 0.6) is 5.75 Å². The molecule has 1 heterocycles. The van der Waals surface area contributed by atoms with E-state index in [4.69, 9.17) is 4.74 Å². The second kappa shape index (κ2) is 7.14. The average molecular weight is 293 g/mol. The van der Waals surface area contributed by atoms with Gasteiger partial charge in [-0.3, -0.25) is 0 Å². The van der Waals surface area contributed by atoms with Crippen LogP contribution in [-0.2, 0) is 0 Å². The average Bonchev–Trinajstić information content (AvgIpc) is 2.78. The van der Waals surface area contributed by atoms with E-state index in [1.165, 1.54) is 12.8 Å². The first-order chi connectivity index (χ1) is 10.0. The number of aliphatic hydroxyl groups excluding tert-OH is 2. The fourth-order valence-electron chi connectivity index (χ4n) is 2.89. The molecule has 21 heavy (non-hydrogen) atoms. The van der Waals surface area contributed by atoms with Crippen molar-refractivity contribution in [2.45, 2.75) is 57.3 Å². The molecule has 0 unspecified atom stereocenters. The number of hydrogen-bond donors (Lipinski definition) is 2. The Hall–Kier alpha value is -1.26. The summed E-state index contributed by atoms with van der Waals surface area (Å²) in [6, 6.07) is 5.88. The molecule has 0 spiro atoms. The molecule has 1 aliphatic heterocycles. The first-order valence-corrected chi connectivity index (χ1v) is 7.88. The Labute approximate surface area is 127 Å². The van der Waals surface area contributed by atoms with E-state index in [9.17, 15) is 10.2 Å². The molecule has 0 fully saturated rings. The van der Waals surface area contributed by atoms with E-state index < -0.39 is 12.4 Å². The van der Waals surface area contributed by atoms with Gasteiger partial charge in [-0.25, -0.2) is 0 Å². The van der Waals surface area contributed by atoms with Crippen molar-refractivity contribution >= 4 is 5.69 Å². The van der Waals surface area contributed by atoms with Crippen molar-refractivity contribution < 1.29 is 14.9 Å². The van der Waals surface area contributed by atoms with E-state index in [0.717, 1.165) is 24.1 Å². The molecule has 0 amide bonds. The third kappa shape index (κ3) is 3.69. The van der Waals surface area contributed by atoms with Gasteiger partial charge in [0.1, 0.15) is 5.75 Å². The maximum absolute atomic E-state index is 10.4. The number of unbranched alkanes of at least 4 members (excludes halogenated alkanes) is 3. The molecule has 0 radical (unpaired) electrons. The van der Waals surface area contributed by atoms with Crippen molar-refractivity contribution in [3.8, 4) is 5.75 Å². The van der Waals surface area contributed by atoms with E-state index in [0.29, 0.717) is 12.2 Å². The van der Waals surface area contributed by atoms with Gasteiger partial charge in [0, 0.05) is 31.4 Å². The molecule has 0 bridgehead atoms. The summed E-state index contributed by atoms with van der Waals surface area (Å²) in [5.74, 6) is 0.351. The third-order valence-electron chi connectivity index (χ3n) is 4.20. The zero-order valence-electron chi connectivity index (χ0n) is 13.2. The largest absolute Gasteiger partial charge is 0.464 e. The molecule has 2 rings (SSSR count). The Kier molecular flexibility index (Phi) is 5.48. The first kappa shape index (κ1) is 16.1. The molecule has 3 atom stereocenters. The number of rotatable bonds is 7. The minimum absolute atomic E-state index is 0.335. The quantitative estimate of drug-likeness (QED) is 0.759. The second-order valence-corrected chi connectivity index (χ2v) is 6.07. The molecule has 0 saturated heterocycles. The van der Waals surface area contributed by atoms with Crippen LogP contribution in [0, 0.1) is 0 Å². The van der Waals surface area contributed by atoms with Crippen molar-refractivity contribution in [2.75, 3.05) is 19.0 Å². The van der Waals surface area contributed by atoms with Crippen molar-refractivity contribution in [1.82, 2.24) is 0 Å². The molecule has 2 N–H and O–H groups in total. The Balaban J connectivity index is 2.05. The van der Waals surface area contributed by atoms with Crippen molar-refractivity contribution in [2.24, 2.45) is 0 Å². The number of ether oxygens (including phenoxy) is 1. The number of anilines is 1. The zero-order valence-corrected chi connectivity index (χ0v) is 13.2. The van der Waals surface area contributed by atoms with Crippen LogP contribution in [0.25, 0.3) is 0 Å². The topological polar surface area (TPSA) is 52.9 Å². The Morgan fingerprint density at radius 3 is 2.67 bits per heavy atom. The lowest BCUT2D eigenvalue weighted by atomic mass is 9.90. The molecular weight excluding hydrogens is 266 g/mol.